The summed E-state index contributed by atoms with van der Waals surface area (Å²) in [6, 6.07) is 15.6. The molecule has 1 aliphatic heterocycles. The zero-order valence-corrected chi connectivity index (χ0v) is 16.2. The number of carbonyl (C=O) groups is 1. The maximum Gasteiger partial charge on any atom is 0.252 e. The maximum absolute atomic E-state index is 13.0. The predicted octanol–water partition coefficient (Wildman–Crippen LogP) is 4.13. The first-order chi connectivity index (χ1) is 13.6. The molecular formula is C23H24N2O3. The molecule has 0 radical (unpaired) electrons. The zero-order chi connectivity index (χ0) is 19.5. The van der Waals surface area contributed by atoms with Crippen molar-refractivity contribution in [2.24, 2.45) is 0 Å². The molecule has 5 nitrogen and oxygen atoms in total. The third-order valence-corrected chi connectivity index (χ3v) is 5.11. The highest BCUT2D eigenvalue weighted by Gasteiger charge is 2.19. The Morgan fingerprint density at radius 2 is 2.04 bits per heavy atom. The second-order valence-corrected chi connectivity index (χ2v) is 7.15. The highest BCUT2D eigenvalue weighted by atomic mass is 16.5. The summed E-state index contributed by atoms with van der Waals surface area (Å²) in [6.07, 6.45) is 2.16. The molecule has 1 aromatic heterocycles. The molecule has 3 aromatic rings. The molecule has 0 spiro atoms. The molecule has 1 saturated heterocycles. The van der Waals surface area contributed by atoms with Gasteiger partial charge in [0.2, 0.25) is 0 Å². The molecule has 2 heterocycles. The minimum absolute atomic E-state index is 0.0942. The van der Waals surface area contributed by atoms with Crippen LogP contribution in [0.3, 0.4) is 0 Å². The Bertz CT molecular complexity index is 993. The highest BCUT2D eigenvalue weighted by Crippen LogP contribution is 2.27. The van der Waals surface area contributed by atoms with E-state index in [1.165, 1.54) is 0 Å². The molecule has 28 heavy (non-hydrogen) atoms. The number of fused-ring (bicyclic) bond motifs is 1. The summed E-state index contributed by atoms with van der Waals surface area (Å²) >= 11 is 0. The van der Waals surface area contributed by atoms with Gasteiger partial charge in [0.15, 0.2) is 0 Å². The molecule has 1 amide bonds. The zero-order valence-electron chi connectivity index (χ0n) is 16.2. The van der Waals surface area contributed by atoms with E-state index in [4.69, 9.17) is 14.5 Å². The Hall–Kier alpha value is -2.92. The van der Waals surface area contributed by atoms with Crippen LogP contribution in [-0.2, 0) is 4.74 Å². The van der Waals surface area contributed by atoms with Gasteiger partial charge in [-0.1, -0.05) is 11.6 Å². The van der Waals surface area contributed by atoms with Crippen LogP contribution >= 0.6 is 0 Å². The van der Waals surface area contributed by atoms with Crippen molar-refractivity contribution in [2.75, 3.05) is 20.3 Å². The average Bonchev–Trinajstić information content (AvgIpc) is 3.25. The highest BCUT2D eigenvalue weighted by molar-refractivity contribution is 6.07. The summed E-state index contributed by atoms with van der Waals surface area (Å²) in [4.78, 5) is 17.8. The fraction of sp³-hybridized carbons (Fsp3) is 0.304. The minimum Gasteiger partial charge on any atom is -0.497 e. The summed E-state index contributed by atoms with van der Waals surface area (Å²) in [5.74, 6) is 0.693. The van der Waals surface area contributed by atoms with E-state index in [9.17, 15) is 4.79 Å². The Morgan fingerprint density at radius 3 is 2.75 bits per heavy atom. The molecular weight excluding hydrogens is 352 g/mol. The molecule has 5 heteroatoms. The quantitative estimate of drug-likeness (QED) is 0.727. The van der Waals surface area contributed by atoms with Crippen molar-refractivity contribution in [3.8, 4) is 17.0 Å². The van der Waals surface area contributed by atoms with Crippen LogP contribution in [0.1, 0.15) is 28.8 Å². The lowest BCUT2D eigenvalue weighted by Gasteiger charge is -2.14. The normalized spacial score (nSPS) is 16.3. The Morgan fingerprint density at radius 1 is 1.21 bits per heavy atom. The molecule has 2 aromatic carbocycles. The first-order valence-electron chi connectivity index (χ1n) is 9.59. The second-order valence-electron chi connectivity index (χ2n) is 7.15. The molecule has 0 unspecified atom stereocenters. The topological polar surface area (TPSA) is 60.5 Å². The standard InChI is InChI=1S/C23H24N2O3/c1-15-5-10-21-19(12-15)20(23(26)24-14-18-4-3-11-28-18)13-22(25-21)16-6-8-17(27-2)9-7-16/h5-10,12-13,18H,3-4,11,14H2,1-2H3,(H,24,26)/t18-/m1/s1. The van der Waals surface area contributed by atoms with Gasteiger partial charge < -0.3 is 14.8 Å². The van der Waals surface area contributed by atoms with Crippen LogP contribution < -0.4 is 10.1 Å². The molecule has 1 atom stereocenters. The lowest BCUT2D eigenvalue weighted by atomic mass is 10.0. The molecule has 1 aliphatic rings. The van der Waals surface area contributed by atoms with Crippen molar-refractivity contribution in [1.29, 1.82) is 0 Å². The van der Waals surface area contributed by atoms with Gasteiger partial charge in [0.05, 0.1) is 30.0 Å². The smallest absolute Gasteiger partial charge is 0.252 e. The summed E-state index contributed by atoms with van der Waals surface area (Å²) in [5.41, 5.74) is 4.25. The first kappa shape index (κ1) is 18.4. The molecule has 4 rings (SSSR count). The van der Waals surface area contributed by atoms with E-state index < -0.39 is 0 Å². The molecule has 1 fully saturated rings. The van der Waals surface area contributed by atoms with E-state index in [-0.39, 0.29) is 12.0 Å². The lowest BCUT2D eigenvalue weighted by Crippen LogP contribution is -2.32. The van der Waals surface area contributed by atoms with Crippen molar-refractivity contribution in [3.63, 3.8) is 0 Å². The van der Waals surface area contributed by atoms with E-state index >= 15 is 0 Å². The number of aromatic nitrogens is 1. The average molecular weight is 376 g/mol. The molecule has 0 saturated carbocycles. The largest absolute Gasteiger partial charge is 0.497 e. The van der Waals surface area contributed by atoms with E-state index in [1.54, 1.807) is 7.11 Å². The SMILES string of the molecule is COc1ccc(-c2cc(C(=O)NC[C@H]3CCCO3)c3cc(C)ccc3n2)cc1. The van der Waals surface area contributed by atoms with Crippen LogP contribution in [0.2, 0.25) is 0 Å². The van der Waals surface area contributed by atoms with Crippen LogP contribution in [0.4, 0.5) is 0 Å². The monoisotopic (exact) mass is 376 g/mol. The number of ether oxygens (including phenoxy) is 2. The summed E-state index contributed by atoms with van der Waals surface area (Å²) < 4.78 is 10.9. The maximum atomic E-state index is 13.0. The number of aryl methyl sites for hydroxylation is 1. The number of carbonyl (C=O) groups excluding carboxylic acids is 1. The van der Waals surface area contributed by atoms with Gasteiger partial charge in [-0.15, -0.1) is 0 Å². The number of amides is 1. The molecule has 0 bridgehead atoms. The van der Waals surface area contributed by atoms with Gasteiger partial charge in [0, 0.05) is 24.1 Å². The van der Waals surface area contributed by atoms with Gasteiger partial charge in [-0.05, 0) is 62.2 Å². The molecule has 1 N–H and O–H groups in total. The van der Waals surface area contributed by atoms with E-state index in [2.05, 4.69) is 5.32 Å². The summed E-state index contributed by atoms with van der Waals surface area (Å²) in [5, 5.41) is 3.90. The van der Waals surface area contributed by atoms with Gasteiger partial charge in [0.25, 0.3) is 5.91 Å². The second kappa shape index (κ2) is 7.98. The predicted molar refractivity (Wildman–Crippen MR) is 110 cm³/mol. The van der Waals surface area contributed by atoms with Crippen molar-refractivity contribution < 1.29 is 14.3 Å². The van der Waals surface area contributed by atoms with Crippen LogP contribution in [0, 0.1) is 6.92 Å². The van der Waals surface area contributed by atoms with Crippen LogP contribution in [-0.4, -0.2) is 37.3 Å². The number of hydrogen-bond donors (Lipinski definition) is 1. The van der Waals surface area contributed by atoms with Crippen molar-refractivity contribution in [2.45, 2.75) is 25.9 Å². The molecule has 0 aliphatic carbocycles. The van der Waals surface area contributed by atoms with Gasteiger partial charge in [0.1, 0.15) is 5.75 Å². The first-order valence-corrected chi connectivity index (χ1v) is 9.59. The Labute approximate surface area is 164 Å². The number of hydrogen-bond acceptors (Lipinski definition) is 4. The number of nitrogens with zero attached hydrogens (tertiary/aromatic N) is 1. The third-order valence-electron chi connectivity index (χ3n) is 5.11. The van der Waals surface area contributed by atoms with Crippen LogP contribution in [0.25, 0.3) is 22.2 Å². The Kier molecular flexibility index (Phi) is 5.26. The van der Waals surface area contributed by atoms with Crippen LogP contribution in [0.5, 0.6) is 5.75 Å². The van der Waals surface area contributed by atoms with Crippen molar-refractivity contribution in [3.05, 3.63) is 59.7 Å². The van der Waals surface area contributed by atoms with E-state index in [1.807, 2.05) is 55.5 Å². The number of pyridine rings is 1. The fourth-order valence-electron chi connectivity index (χ4n) is 3.54. The number of rotatable bonds is 5. The van der Waals surface area contributed by atoms with Crippen molar-refractivity contribution in [1.82, 2.24) is 10.3 Å². The minimum atomic E-state index is -0.0942. The van der Waals surface area contributed by atoms with Gasteiger partial charge in [-0.25, -0.2) is 4.98 Å². The van der Waals surface area contributed by atoms with Gasteiger partial charge in [-0.2, -0.15) is 0 Å². The van der Waals surface area contributed by atoms with Gasteiger partial charge >= 0.3 is 0 Å². The Balaban J connectivity index is 1.71. The number of methoxy groups -OCH3 is 1. The lowest BCUT2D eigenvalue weighted by molar-refractivity contribution is 0.0859. The van der Waals surface area contributed by atoms with E-state index in [0.29, 0.717) is 12.1 Å². The number of nitrogens with one attached hydrogen (secondary N) is 1. The van der Waals surface area contributed by atoms with Crippen molar-refractivity contribution >= 4 is 16.8 Å². The molecule has 144 valence electrons. The fourth-order valence-corrected chi connectivity index (χ4v) is 3.54. The number of benzene rings is 2. The van der Waals surface area contributed by atoms with Crippen LogP contribution in [0.15, 0.2) is 48.5 Å². The van der Waals surface area contributed by atoms with E-state index in [0.717, 1.165) is 52.9 Å². The third kappa shape index (κ3) is 3.85. The summed E-state index contributed by atoms with van der Waals surface area (Å²) in [6.45, 7) is 3.33. The van der Waals surface area contributed by atoms with Gasteiger partial charge in [-0.3, -0.25) is 4.79 Å². The summed E-state index contributed by atoms with van der Waals surface area (Å²) in [7, 11) is 1.64.